The van der Waals surface area contributed by atoms with Gasteiger partial charge in [-0.1, -0.05) is 12.1 Å². The summed E-state index contributed by atoms with van der Waals surface area (Å²) in [4.78, 5) is 14.8. The molecule has 0 bridgehead atoms. The third kappa shape index (κ3) is 2.79. The van der Waals surface area contributed by atoms with Crippen LogP contribution >= 0.6 is 0 Å². The van der Waals surface area contributed by atoms with E-state index in [1.165, 1.54) is 6.07 Å². The van der Waals surface area contributed by atoms with Crippen molar-refractivity contribution < 1.29 is 14.3 Å². The van der Waals surface area contributed by atoms with Crippen molar-refractivity contribution in [2.24, 2.45) is 0 Å². The Bertz CT molecular complexity index is 747. The molecule has 0 fully saturated rings. The van der Waals surface area contributed by atoms with Gasteiger partial charge in [-0.15, -0.1) is 0 Å². The molecular weight excluding hydrogens is 270 g/mol. The molecule has 6 heteroatoms. The number of benzene rings is 1. The lowest BCUT2D eigenvalue weighted by Gasteiger charge is -2.11. The number of hydrogen-bond acceptors (Lipinski definition) is 4. The first-order valence-electron chi connectivity index (χ1n) is 6.37. The number of anilines is 1. The molecule has 2 N–H and O–H groups in total. The largest absolute Gasteiger partial charge is 0.475 e. The molecule has 0 spiro atoms. The minimum atomic E-state index is -1.07. The Kier molecular flexibility index (Phi) is 3.42. The van der Waals surface area contributed by atoms with Crippen molar-refractivity contribution in [1.82, 2.24) is 9.55 Å². The summed E-state index contributed by atoms with van der Waals surface area (Å²) < 4.78 is 7.11. The molecule has 0 radical (unpaired) electrons. The van der Waals surface area contributed by atoms with Gasteiger partial charge in [-0.05, 0) is 24.3 Å². The first-order valence-corrected chi connectivity index (χ1v) is 6.37. The maximum absolute atomic E-state index is 10.8. The van der Waals surface area contributed by atoms with Crippen LogP contribution in [0.1, 0.15) is 16.3 Å². The molecule has 0 saturated carbocycles. The van der Waals surface area contributed by atoms with Gasteiger partial charge in [0.1, 0.15) is 5.76 Å². The third-order valence-corrected chi connectivity index (χ3v) is 3.01. The molecule has 1 aromatic carbocycles. The van der Waals surface area contributed by atoms with Crippen molar-refractivity contribution in [3.8, 4) is 5.69 Å². The average molecular weight is 283 g/mol. The fraction of sp³-hybridized carbons (Fsp3) is 0.0667. The lowest BCUT2D eigenvalue weighted by atomic mass is 10.2. The topological polar surface area (TPSA) is 80.3 Å². The molecule has 2 heterocycles. The second-order valence-corrected chi connectivity index (χ2v) is 4.41. The predicted octanol–water partition coefficient (Wildman–Crippen LogP) is 2.78. The number of nitrogens with zero attached hydrogens (tertiary/aromatic N) is 2. The van der Waals surface area contributed by atoms with E-state index < -0.39 is 5.97 Å². The van der Waals surface area contributed by atoms with Gasteiger partial charge in [-0.2, -0.15) is 0 Å². The number of carboxylic acid groups (broad SMARTS) is 1. The second kappa shape index (κ2) is 5.54. The number of hydrogen-bond donors (Lipinski definition) is 2. The zero-order chi connectivity index (χ0) is 14.7. The number of nitrogens with one attached hydrogen (secondary N) is 1. The summed E-state index contributed by atoms with van der Waals surface area (Å²) in [6.07, 6.45) is 5.29. The van der Waals surface area contributed by atoms with E-state index in [1.807, 2.05) is 35.0 Å². The van der Waals surface area contributed by atoms with Crippen molar-refractivity contribution in [1.29, 1.82) is 0 Å². The van der Waals surface area contributed by atoms with Gasteiger partial charge in [-0.3, -0.25) is 0 Å². The van der Waals surface area contributed by atoms with Gasteiger partial charge in [0.05, 0.1) is 24.2 Å². The summed E-state index contributed by atoms with van der Waals surface area (Å²) >= 11 is 0. The number of carboxylic acids is 1. The van der Waals surface area contributed by atoms with Crippen LogP contribution in [0.15, 0.2) is 59.5 Å². The Morgan fingerprint density at radius 2 is 2.14 bits per heavy atom. The van der Waals surface area contributed by atoms with E-state index in [2.05, 4.69) is 10.3 Å². The van der Waals surface area contributed by atoms with Crippen LogP contribution in [-0.2, 0) is 6.54 Å². The van der Waals surface area contributed by atoms with E-state index in [-0.39, 0.29) is 5.76 Å². The molecule has 0 atom stereocenters. The van der Waals surface area contributed by atoms with Crippen molar-refractivity contribution in [2.75, 3.05) is 5.32 Å². The van der Waals surface area contributed by atoms with Gasteiger partial charge in [0.25, 0.3) is 0 Å². The number of aromatic nitrogens is 2. The highest BCUT2D eigenvalue weighted by molar-refractivity contribution is 5.84. The molecule has 0 aliphatic heterocycles. The van der Waals surface area contributed by atoms with Gasteiger partial charge < -0.3 is 19.4 Å². The molecule has 106 valence electrons. The standard InChI is InChI=1S/C15H13N3O3/c19-15(20)14-6-5-11(21-14)9-17-12-3-1-2-4-13(12)18-8-7-16-10-18/h1-8,10,17H,9H2,(H,19,20). The van der Waals surface area contributed by atoms with Gasteiger partial charge in [-0.25, -0.2) is 9.78 Å². The fourth-order valence-electron chi connectivity index (χ4n) is 2.02. The Hall–Kier alpha value is -3.02. The van der Waals surface area contributed by atoms with Gasteiger partial charge in [0.2, 0.25) is 5.76 Å². The molecule has 0 aliphatic carbocycles. The number of para-hydroxylation sites is 2. The Balaban J connectivity index is 1.77. The molecule has 3 rings (SSSR count). The maximum atomic E-state index is 10.8. The second-order valence-electron chi connectivity index (χ2n) is 4.41. The summed E-state index contributed by atoms with van der Waals surface area (Å²) in [5.41, 5.74) is 1.86. The molecular formula is C15H13N3O3. The SMILES string of the molecule is O=C(O)c1ccc(CNc2ccccc2-n2ccnc2)o1. The molecule has 0 saturated heterocycles. The van der Waals surface area contributed by atoms with Crippen LogP contribution in [0.2, 0.25) is 0 Å². The van der Waals surface area contributed by atoms with Gasteiger partial charge in [0.15, 0.2) is 0 Å². The summed E-state index contributed by atoms with van der Waals surface area (Å²) in [6, 6.07) is 10.9. The monoisotopic (exact) mass is 283 g/mol. The molecule has 3 aromatic rings. The highest BCUT2D eigenvalue weighted by atomic mass is 16.4. The van der Waals surface area contributed by atoms with Crippen LogP contribution < -0.4 is 5.32 Å². The number of imidazole rings is 1. The van der Waals surface area contributed by atoms with E-state index in [9.17, 15) is 4.79 Å². The van der Waals surface area contributed by atoms with Crippen molar-refractivity contribution >= 4 is 11.7 Å². The lowest BCUT2D eigenvalue weighted by molar-refractivity contribution is 0.0660. The van der Waals surface area contributed by atoms with Crippen LogP contribution in [0.25, 0.3) is 5.69 Å². The first-order chi connectivity index (χ1) is 10.2. The van der Waals surface area contributed by atoms with E-state index >= 15 is 0 Å². The molecule has 0 unspecified atom stereocenters. The molecule has 2 aromatic heterocycles. The van der Waals surface area contributed by atoms with E-state index in [4.69, 9.17) is 9.52 Å². The normalized spacial score (nSPS) is 10.5. The van der Waals surface area contributed by atoms with Crippen LogP contribution in [0.3, 0.4) is 0 Å². The minimum Gasteiger partial charge on any atom is -0.475 e. The average Bonchev–Trinajstić information content (AvgIpc) is 3.17. The summed E-state index contributed by atoms with van der Waals surface area (Å²) in [5.74, 6) is -0.567. The predicted molar refractivity (Wildman–Crippen MR) is 76.6 cm³/mol. The number of rotatable bonds is 5. The fourth-order valence-corrected chi connectivity index (χ4v) is 2.02. The molecule has 0 aliphatic rings. The molecule has 0 amide bonds. The van der Waals surface area contributed by atoms with Crippen molar-refractivity contribution in [3.63, 3.8) is 0 Å². The van der Waals surface area contributed by atoms with Crippen molar-refractivity contribution in [3.05, 3.63) is 66.6 Å². The lowest BCUT2D eigenvalue weighted by Crippen LogP contribution is -2.03. The Morgan fingerprint density at radius 3 is 2.86 bits per heavy atom. The summed E-state index contributed by atoms with van der Waals surface area (Å²) in [6.45, 7) is 0.402. The van der Waals surface area contributed by atoms with Gasteiger partial charge >= 0.3 is 5.97 Å². The van der Waals surface area contributed by atoms with E-state index in [0.717, 1.165) is 11.4 Å². The first kappa shape index (κ1) is 13.0. The van der Waals surface area contributed by atoms with Gasteiger partial charge in [0, 0.05) is 12.4 Å². The minimum absolute atomic E-state index is 0.0605. The zero-order valence-electron chi connectivity index (χ0n) is 11.1. The number of aromatic carboxylic acids is 1. The van der Waals surface area contributed by atoms with Crippen LogP contribution in [0.4, 0.5) is 5.69 Å². The summed E-state index contributed by atoms with van der Waals surface area (Å²) in [7, 11) is 0. The summed E-state index contributed by atoms with van der Waals surface area (Å²) in [5, 5.41) is 12.1. The van der Waals surface area contributed by atoms with E-state index in [1.54, 1.807) is 18.6 Å². The van der Waals surface area contributed by atoms with E-state index in [0.29, 0.717) is 12.3 Å². The van der Waals surface area contributed by atoms with Crippen LogP contribution in [-0.4, -0.2) is 20.6 Å². The Labute approximate surface area is 120 Å². The smallest absolute Gasteiger partial charge is 0.371 e. The third-order valence-electron chi connectivity index (χ3n) is 3.01. The van der Waals surface area contributed by atoms with Crippen LogP contribution in [0.5, 0.6) is 0 Å². The molecule has 6 nitrogen and oxygen atoms in total. The number of carbonyl (C=O) groups is 1. The Morgan fingerprint density at radius 1 is 1.29 bits per heavy atom. The van der Waals surface area contributed by atoms with Crippen LogP contribution in [0, 0.1) is 0 Å². The maximum Gasteiger partial charge on any atom is 0.371 e. The zero-order valence-corrected chi connectivity index (χ0v) is 11.1. The molecule has 21 heavy (non-hydrogen) atoms. The quantitative estimate of drug-likeness (QED) is 0.752. The highest BCUT2D eigenvalue weighted by Gasteiger charge is 2.09. The van der Waals surface area contributed by atoms with Crippen molar-refractivity contribution in [2.45, 2.75) is 6.54 Å². The number of furan rings is 1. The highest BCUT2D eigenvalue weighted by Crippen LogP contribution is 2.20.